The number of hydrogen-bond donors (Lipinski definition) is 3. The Bertz CT molecular complexity index is 993. The van der Waals surface area contributed by atoms with Gasteiger partial charge in [0.15, 0.2) is 6.10 Å². The largest absolute Gasteiger partial charge is 0.436 e. The number of hydrogen-bond acceptors (Lipinski definition) is 7. The zero-order chi connectivity index (χ0) is 24.5. The molecule has 4 unspecified atom stereocenters. The third kappa shape index (κ3) is 5.21. The lowest BCUT2D eigenvalue weighted by Crippen LogP contribution is -2.57. The molecule has 4 amide bonds. The predicted molar refractivity (Wildman–Crippen MR) is 120 cm³/mol. The maximum Gasteiger partial charge on any atom is 0.405 e. The summed E-state index contributed by atoms with van der Waals surface area (Å²) < 4.78 is 32.0. The first-order chi connectivity index (χ1) is 16.1. The lowest BCUT2D eigenvalue weighted by Gasteiger charge is -2.29. The van der Waals surface area contributed by atoms with Crippen LogP contribution in [0.25, 0.3) is 0 Å². The molecular formula is C22H32N4O7S. The van der Waals surface area contributed by atoms with Crippen LogP contribution in [0.5, 0.6) is 0 Å². The molecule has 2 aliphatic carbocycles. The molecule has 0 aromatic rings. The summed E-state index contributed by atoms with van der Waals surface area (Å²) in [5.41, 5.74) is 3.80. The number of amides is 4. The number of sulfonamides is 1. The van der Waals surface area contributed by atoms with Gasteiger partial charge in [0.25, 0.3) is 11.8 Å². The van der Waals surface area contributed by atoms with Crippen LogP contribution in [-0.2, 0) is 29.1 Å². The van der Waals surface area contributed by atoms with Crippen molar-refractivity contribution in [3.05, 3.63) is 12.2 Å². The van der Waals surface area contributed by atoms with E-state index in [-0.39, 0.29) is 12.3 Å². The van der Waals surface area contributed by atoms with E-state index in [9.17, 15) is 27.6 Å². The van der Waals surface area contributed by atoms with Gasteiger partial charge >= 0.3 is 6.09 Å². The fraction of sp³-hybridized carbons (Fsp3) is 0.727. The number of allylic oxidation sites excluding steroid dienone is 1. The number of nitrogens with two attached hydrogens (primary N) is 1. The molecule has 2 aliphatic heterocycles. The Balaban J connectivity index is 1.56. The Morgan fingerprint density at radius 1 is 1.12 bits per heavy atom. The standard InChI is InChI=1S/C22H32N4O7S/c23-21(30)33-17-9-5-3-1-2-4-7-14-13-22(14,20(29)25-34(31,32)15-10-11-15)24-18(27)16-8-6-12-26(16)19(17)28/h4,7,14-17H,1-3,5-6,8-13H2,(H2,23,30)(H,24,27)(H,25,29)/b7-4-. The topological polar surface area (TPSA) is 165 Å². The molecule has 4 N–H and O–H groups in total. The minimum absolute atomic E-state index is 0.287. The molecule has 4 aliphatic rings. The van der Waals surface area contributed by atoms with Crippen molar-refractivity contribution in [2.24, 2.45) is 11.7 Å². The van der Waals surface area contributed by atoms with Crippen LogP contribution in [0.3, 0.4) is 0 Å². The van der Waals surface area contributed by atoms with Crippen molar-refractivity contribution >= 4 is 33.8 Å². The molecule has 0 bridgehead atoms. The number of fused-ring (bicyclic) bond motifs is 2. The summed E-state index contributed by atoms with van der Waals surface area (Å²) in [6, 6.07) is -0.841. The highest BCUT2D eigenvalue weighted by molar-refractivity contribution is 7.91. The molecule has 2 saturated carbocycles. The van der Waals surface area contributed by atoms with Gasteiger partial charge in [0, 0.05) is 12.5 Å². The Morgan fingerprint density at radius 2 is 1.88 bits per heavy atom. The van der Waals surface area contributed by atoms with Gasteiger partial charge in [-0.15, -0.1) is 0 Å². The number of carbonyl (C=O) groups is 4. The highest BCUT2D eigenvalue weighted by Crippen LogP contribution is 2.46. The highest BCUT2D eigenvalue weighted by Gasteiger charge is 2.61. The van der Waals surface area contributed by atoms with Gasteiger partial charge in [0.2, 0.25) is 15.9 Å². The van der Waals surface area contributed by atoms with Crippen molar-refractivity contribution < 1.29 is 32.3 Å². The minimum atomic E-state index is -3.78. The number of rotatable bonds is 4. The second-order valence-corrected chi connectivity index (χ2v) is 11.6. The van der Waals surface area contributed by atoms with E-state index < -0.39 is 56.8 Å². The van der Waals surface area contributed by atoms with E-state index in [1.54, 1.807) is 0 Å². The van der Waals surface area contributed by atoms with Crippen LogP contribution in [-0.4, -0.2) is 66.6 Å². The fourth-order valence-electron chi connectivity index (χ4n) is 4.86. The average molecular weight is 497 g/mol. The number of nitrogens with one attached hydrogen (secondary N) is 2. The summed E-state index contributed by atoms with van der Waals surface area (Å²) in [6.07, 6.45) is 7.27. The monoisotopic (exact) mass is 496 g/mol. The smallest absolute Gasteiger partial charge is 0.405 e. The molecule has 0 aromatic carbocycles. The van der Waals surface area contributed by atoms with Crippen LogP contribution in [0.4, 0.5) is 4.79 Å². The molecule has 12 heteroatoms. The van der Waals surface area contributed by atoms with Crippen molar-refractivity contribution in [3.63, 3.8) is 0 Å². The predicted octanol–water partition coefficient (Wildman–Crippen LogP) is 0.445. The summed E-state index contributed by atoms with van der Waals surface area (Å²) in [5, 5.41) is 2.21. The first-order valence-electron chi connectivity index (χ1n) is 12.0. The van der Waals surface area contributed by atoms with E-state index in [2.05, 4.69) is 10.0 Å². The zero-order valence-electron chi connectivity index (χ0n) is 19.0. The summed E-state index contributed by atoms with van der Waals surface area (Å²) in [4.78, 5) is 52.3. The fourth-order valence-corrected chi connectivity index (χ4v) is 6.22. The first kappa shape index (κ1) is 24.5. The molecular weight excluding hydrogens is 464 g/mol. The van der Waals surface area contributed by atoms with Gasteiger partial charge in [0.05, 0.1) is 5.25 Å². The van der Waals surface area contributed by atoms with Gasteiger partial charge in [-0.2, -0.15) is 0 Å². The lowest BCUT2D eigenvalue weighted by molar-refractivity contribution is -0.146. The molecule has 3 fully saturated rings. The van der Waals surface area contributed by atoms with Crippen LogP contribution < -0.4 is 15.8 Å². The van der Waals surface area contributed by atoms with Crippen molar-refractivity contribution in [1.29, 1.82) is 0 Å². The quantitative estimate of drug-likeness (QED) is 0.475. The molecule has 11 nitrogen and oxygen atoms in total. The van der Waals surface area contributed by atoms with E-state index in [4.69, 9.17) is 10.5 Å². The molecule has 2 heterocycles. The van der Waals surface area contributed by atoms with Crippen molar-refractivity contribution in [3.8, 4) is 0 Å². The van der Waals surface area contributed by atoms with Gasteiger partial charge in [-0.3, -0.25) is 19.1 Å². The third-order valence-corrected chi connectivity index (χ3v) is 8.86. The molecule has 188 valence electrons. The number of nitrogens with zero attached hydrogens (tertiary/aromatic N) is 1. The Hall–Kier alpha value is -2.63. The Labute approximate surface area is 198 Å². The van der Waals surface area contributed by atoms with Crippen LogP contribution >= 0.6 is 0 Å². The first-order valence-corrected chi connectivity index (χ1v) is 13.5. The second-order valence-electron chi connectivity index (χ2n) is 9.63. The van der Waals surface area contributed by atoms with Gasteiger partial charge in [0.1, 0.15) is 11.6 Å². The van der Waals surface area contributed by atoms with Gasteiger partial charge in [-0.1, -0.05) is 18.6 Å². The SMILES string of the molecule is NC(=O)OC1CCCCC/C=C\C2CC2(C(=O)NS(=O)(=O)C2CC2)NC(=O)C2CCCN2C1=O. The molecule has 0 aromatic heterocycles. The molecule has 4 rings (SSSR count). The summed E-state index contributed by atoms with van der Waals surface area (Å²) in [5.74, 6) is -2.06. The lowest BCUT2D eigenvalue weighted by atomic mass is 10.1. The molecule has 0 radical (unpaired) electrons. The van der Waals surface area contributed by atoms with Crippen LogP contribution in [0.2, 0.25) is 0 Å². The minimum Gasteiger partial charge on any atom is -0.436 e. The third-order valence-electron chi connectivity index (χ3n) is 7.04. The van der Waals surface area contributed by atoms with Crippen LogP contribution in [0.1, 0.15) is 64.2 Å². The van der Waals surface area contributed by atoms with Crippen molar-refractivity contribution in [2.45, 2.75) is 87.1 Å². The highest BCUT2D eigenvalue weighted by atomic mass is 32.2. The zero-order valence-corrected chi connectivity index (χ0v) is 19.8. The average Bonchev–Trinajstić information content (AvgIpc) is 3.68. The van der Waals surface area contributed by atoms with Gasteiger partial charge in [-0.25, -0.2) is 13.2 Å². The van der Waals surface area contributed by atoms with Gasteiger partial charge < -0.3 is 20.7 Å². The number of ether oxygens (including phenoxy) is 1. The van der Waals surface area contributed by atoms with Crippen molar-refractivity contribution in [2.75, 3.05) is 6.54 Å². The Morgan fingerprint density at radius 3 is 2.59 bits per heavy atom. The van der Waals surface area contributed by atoms with Crippen LogP contribution in [0, 0.1) is 5.92 Å². The molecule has 34 heavy (non-hydrogen) atoms. The summed E-state index contributed by atoms with van der Waals surface area (Å²) >= 11 is 0. The summed E-state index contributed by atoms with van der Waals surface area (Å²) in [7, 11) is -3.78. The van der Waals surface area contributed by atoms with E-state index in [0.717, 1.165) is 19.3 Å². The molecule has 4 atom stereocenters. The van der Waals surface area contributed by atoms with E-state index in [0.29, 0.717) is 45.1 Å². The van der Waals surface area contributed by atoms with E-state index >= 15 is 0 Å². The molecule has 1 saturated heterocycles. The normalized spacial score (nSPS) is 33.4. The van der Waals surface area contributed by atoms with Crippen LogP contribution in [0.15, 0.2) is 12.2 Å². The van der Waals surface area contributed by atoms with E-state index in [1.807, 2.05) is 12.2 Å². The summed E-state index contributed by atoms with van der Waals surface area (Å²) in [6.45, 7) is 0.314. The maximum absolute atomic E-state index is 13.3. The second kappa shape index (κ2) is 9.55. The van der Waals surface area contributed by atoms with E-state index in [1.165, 1.54) is 4.90 Å². The number of primary amides is 1. The van der Waals surface area contributed by atoms with Crippen molar-refractivity contribution in [1.82, 2.24) is 14.9 Å². The molecule has 0 spiro atoms. The Kier molecular flexibility index (Phi) is 6.88. The maximum atomic E-state index is 13.3. The number of carbonyl (C=O) groups excluding carboxylic acids is 4. The van der Waals surface area contributed by atoms with Gasteiger partial charge in [-0.05, 0) is 57.8 Å².